The number of aliphatic hydroxyl groups is 2. The maximum absolute atomic E-state index is 10.5. The zero-order valence-electron chi connectivity index (χ0n) is 13.9. The molecule has 2 atom stereocenters. The van der Waals surface area contributed by atoms with Crippen molar-refractivity contribution in [1.29, 1.82) is 0 Å². The highest BCUT2D eigenvalue weighted by atomic mass is 16.3. The summed E-state index contributed by atoms with van der Waals surface area (Å²) in [6, 6.07) is 0. The fourth-order valence-corrected chi connectivity index (χ4v) is 2.84. The van der Waals surface area contributed by atoms with Gasteiger partial charge in [0, 0.05) is 6.61 Å². The fourth-order valence-electron chi connectivity index (χ4n) is 2.84. The Morgan fingerprint density at radius 2 is 1.71 bits per heavy atom. The second-order valence-electron chi connectivity index (χ2n) is 6.72. The van der Waals surface area contributed by atoms with E-state index < -0.39 is 6.10 Å². The molecule has 0 aromatic rings. The van der Waals surface area contributed by atoms with Crippen LogP contribution >= 0.6 is 0 Å². The average Bonchev–Trinajstić information content (AvgIpc) is 2.42. The maximum atomic E-state index is 10.5. The van der Waals surface area contributed by atoms with E-state index in [1.165, 1.54) is 11.1 Å². The van der Waals surface area contributed by atoms with E-state index in [0.717, 1.165) is 38.5 Å². The summed E-state index contributed by atoms with van der Waals surface area (Å²) in [5.41, 5.74) is 2.61. The molecule has 1 aliphatic carbocycles. The van der Waals surface area contributed by atoms with Gasteiger partial charge in [0.2, 0.25) is 0 Å². The summed E-state index contributed by atoms with van der Waals surface area (Å²) in [5.74, 6) is 0. The lowest BCUT2D eigenvalue weighted by atomic mass is 9.76. The zero-order chi connectivity index (χ0) is 15.7. The van der Waals surface area contributed by atoms with Crippen molar-refractivity contribution in [3.05, 3.63) is 35.5 Å². The van der Waals surface area contributed by atoms with Gasteiger partial charge in [-0.05, 0) is 64.2 Å². The Morgan fingerprint density at radius 3 is 2.38 bits per heavy atom. The van der Waals surface area contributed by atoms with E-state index in [2.05, 4.69) is 39.0 Å². The summed E-state index contributed by atoms with van der Waals surface area (Å²) in [6.45, 7) is 6.59. The highest BCUT2D eigenvalue weighted by Gasteiger charge is 2.30. The Kier molecular flexibility index (Phi) is 7.98. The molecule has 0 bridgehead atoms. The lowest BCUT2D eigenvalue weighted by molar-refractivity contribution is 0.0459. The normalized spacial score (nSPS) is 36.0. The molecule has 120 valence electrons. The average molecular weight is 292 g/mol. The molecule has 0 saturated heterocycles. The SMILES string of the molecule is C/C1=C\CC/C(C)=C/CC[C@@](C)(CCO)[C@H](O)/C=C/CC1. The van der Waals surface area contributed by atoms with Crippen LogP contribution in [0.5, 0.6) is 0 Å². The first-order chi connectivity index (χ1) is 9.98. The number of hydrogen-bond acceptors (Lipinski definition) is 2. The van der Waals surface area contributed by atoms with Crippen molar-refractivity contribution in [1.82, 2.24) is 0 Å². The molecule has 0 aromatic heterocycles. The molecular weight excluding hydrogens is 260 g/mol. The Bertz CT molecular complexity index is 392. The van der Waals surface area contributed by atoms with Gasteiger partial charge >= 0.3 is 0 Å². The van der Waals surface area contributed by atoms with Crippen LogP contribution in [0.4, 0.5) is 0 Å². The highest BCUT2D eigenvalue weighted by Crippen LogP contribution is 2.33. The fraction of sp³-hybridized carbons (Fsp3) is 0.684. The molecule has 0 unspecified atom stereocenters. The minimum absolute atomic E-state index is 0.131. The van der Waals surface area contributed by atoms with Gasteiger partial charge < -0.3 is 10.2 Å². The van der Waals surface area contributed by atoms with Gasteiger partial charge in [0.1, 0.15) is 0 Å². The second kappa shape index (κ2) is 9.22. The van der Waals surface area contributed by atoms with Gasteiger partial charge in [-0.2, -0.15) is 0 Å². The summed E-state index contributed by atoms with van der Waals surface area (Å²) >= 11 is 0. The van der Waals surface area contributed by atoms with Crippen LogP contribution in [0.15, 0.2) is 35.5 Å². The van der Waals surface area contributed by atoms with E-state index in [1.807, 2.05) is 6.08 Å². The van der Waals surface area contributed by atoms with Crippen LogP contribution in [0.2, 0.25) is 0 Å². The van der Waals surface area contributed by atoms with E-state index in [1.54, 1.807) is 0 Å². The van der Waals surface area contributed by atoms with Crippen LogP contribution in [0, 0.1) is 5.41 Å². The Balaban J connectivity index is 2.85. The minimum atomic E-state index is -0.481. The molecular formula is C19H32O2. The predicted octanol–water partition coefficient (Wildman–Crippen LogP) is 4.54. The lowest BCUT2D eigenvalue weighted by Gasteiger charge is -2.32. The molecule has 0 amide bonds. The van der Waals surface area contributed by atoms with Crippen LogP contribution in [0.1, 0.15) is 65.7 Å². The van der Waals surface area contributed by atoms with Crippen molar-refractivity contribution in [2.75, 3.05) is 6.61 Å². The minimum Gasteiger partial charge on any atom is -0.396 e. The molecule has 1 aliphatic rings. The summed E-state index contributed by atoms with van der Waals surface area (Å²) in [5, 5.41) is 19.8. The Hall–Kier alpha value is -0.860. The summed E-state index contributed by atoms with van der Waals surface area (Å²) in [4.78, 5) is 0. The van der Waals surface area contributed by atoms with Gasteiger partial charge in [0.25, 0.3) is 0 Å². The number of hydrogen-bond donors (Lipinski definition) is 2. The number of rotatable bonds is 2. The van der Waals surface area contributed by atoms with Gasteiger partial charge in [-0.1, -0.05) is 42.4 Å². The van der Waals surface area contributed by atoms with E-state index in [9.17, 15) is 10.2 Å². The molecule has 2 N–H and O–H groups in total. The molecule has 0 fully saturated rings. The van der Waals surface area contributed by atoms with Crippen LogP contribution in [-0.4, -0.2) is 22.9 Å². The monoisotopic (exact) mass is 292 g/mol. The Labute approximate surface area is 130 Å². The van der Waals surface area contributed by atoms with E-state index >= 15 is 0 Å². The Morgan fingerprint density at radius 1 is 1.10 bits per heavy atom. The van der Waals surface area contributed by atoms with Crippen molar-refractivity contribution >= 4 is 0 Å². The number of aliphatic hydroxyl groups excluding tert-OH is 2. The van der Waals surface area contributed by atoms with E-state index in [-0.39, 0.29) is 12.0 Å². The molecule has 2 heteroatoms. The quantitative estimate of drug-likeness (QED) is 0.734. The molecule has 2 nitrogen and oxygen atoms in total. The number of allylic oxidation sites excluding steroid dienone is 5. The van der Waals surface area contributed by atoms with Gasteiger partial charge in [0.15, 0.2) is 0 Å². The molecule has 0 aromatic carbocycles. The summed E-state index contributed by atoms with van der Waals surface area (Å²) in [6.07, 6.45) is 14.9. The third kappa shape index (κ3) is 6.62. The lowest BCUT2D eigenvalue weighted by Crippen LogP contribution is -2.32. The first kappa shape index (κ1) is 18.2. The maximum Gasteiger partial charge on any atom is 0.0775 e. The third-order valence-electron chi connectivity index (χ3n) is 4.66. The smallest absolute Gasteiger partial charge is 0.0775 e. The van der Waals surface area contributed by atoms with Crippen molar-refractivity contribution in [2.45, 2.75) is 71.8 Å². The molecule has 1 rings (SSSR count). The van der Waals surface area contributed by atoms with Crippen LogP contribution in [-0.2, 0) is 0 Å². The standard InChI is InChI=1S/C19H32O2/c1-16-8-4-5-12-18(21)19(3,14-15-20)13-7-11-17(2)10-6-9-16/h5,9,11-12,18,20-21H,4,6-8,10,13-15H2,1-3H3/b12-5+,16-9+,17-11+/t18-,19+/m1/s1. The van der Waals surface area contributed by atoms with E-state index in [4.69, 9.17) is 0 Å². The van der Waals surface area contributed by atoms with E-state index in [0.29, 0.717) is 6.42 Å². The topological polar surface area (TPSA) is 40.5 Å². The first-order valence-corrected chi connectivity index (χ1v) is 8.25. The predicted molar refractivity (Wildman–Crippen MR) is 90.2 cm³/mol. The van der Waals surface area contributed by atoms with Crippen molar-refractivity contribution < 1.29 is 10.2 Å². The molecule has 0 spiro atoms. The molecule has 0 saturated carbocycles. The molecule has 0 radical (unpaired) electrons. The van der Waals surface area contributed by atoms with Crippen molar-refractivity contribution in [2.24, 2.45) is 5.41 Å². The third-order valence-corrected chi connectivity index (χ3v) is 4.66. The zero-order valence-corrected chi connectivity index (χ0v) is 13.9. The molecule has 0 aliphatic heterocycles. The van der Waals surface area contributed by atoms with Gasteiger partial charge in [-0.3, -0.25) is 0 Å². The van der Waals surface area contributed by atoms with Crippen molar-refractivity contribution in [3.8, 4) is 0 Å². The highest BCUT2D eigenvalue weighted by molar-refractivity contribution is 5.07. The van der Waals surface area contributed by atoms with Crippen LogP contribution < -0.4 is 0 Å². The summed E-state index contributed by atoms with van der Waals surface area (Å²) in [7, 11) is 0. The van der Waals surface area contributed by atoms with Crippen molar-refractivity contribution in [3.63, 3.8) is 0 Å². The summed E-state index contributed by atoms with van der Waals surface area (Å²) < 4.78 is 0. The first-order valence-electron chi connectivity index (χ1n) is 8.25. The molecule has 0 heterocycles. The molecule has 21 heavy (non-hydrogen) atoms. The second-order valence-corrected chi connectivity index (χ2v) is 6.72. The van der Waals surface area contributed by atoms with Gasteiger partial charge in [-0.25, -0.2) is 0 Å². The largest absolute Gasteiger partial charge is 0.396 e. The van der Waals surface area contributed by atoms with Crippen LogP contribution in [0.25, 0.3) is 0 Å². The van der Waals surface area contributed by atoms with Gasteiger partial charge in [-0.15, -0.1) is 0 Å². The van der Waals surface area contributed by atoms with Gasteiger partial charge in [0.05, 0.1) is 6.10 Å². The van der Waals surface area contributed by atoms with Crippen LogP contribution in [0.3, 0.4) is 0 Å².